The summed E-state index contributed by atoms with van der Waals surface area (Å²) in [6, 6.07) is 4.75. The van der Waals surface area contributed by atoms with Crippen LogP contribution in [0.1, 0.15) is 25.0 Å². The number of nitrogens with one attached hydrogen (secondary N) is 1. The fourth-order valence-corrected chi connectivity index (χ4v) is 1.23. The van der Waals surface area contributed by atoms with Crippen LogP contribution in [0.25, 0.3) is 0 Å². The number of amides is 1. The van der Waals surface area contributed by atoms with Crippen LogP contribution in [0, 0.1) is 12.7 Å². The second-order valence-electron chi connectivity index (χ2n) is 4.49. The van der Waals surface area contributed by atoms with Crippen LogP contribution in [-0.2, 0) is 11.3 Å². The molecule has 3 N–H and O–H groups in total. The Labute approximate surface area is 94.8 Å². The van der Waals surface area contributed by atoms with Crippen LogP contribution in [0.5, 0.6) is 0 Å². The fourth-order valence-electron chi connectivity index (χ4n) is 1.23. The van der Waals surface area contributed by atoms with Crippen molar-refractivity contribution in [1.29, 1.82) is 0 Å². The highest BCUT2D eigenvalue weighted by molar-refractivity contribution is 5.84. The Bertz CT molecular complexity index is 396. The van der Waals surface area contributed by atoms with E-state index in [9.17, 15) is 9.18 Å². The molecular weight excluding hydrogens is 207 g/mol. The topological polar surface area (TPSA) is 55.1 Å². The molecule has 4 heteroatoms. The number of nitrogens with two attached hydrogens (primary N) is 1. The molecule has 0 bridgehead atoms. The van der Waals surface area contributed by atoms with E-state index in [4.69, 9.17) is 5.73 Å². The standard InChI is InChI=1S/C12H17FN2O/c1-8-6-9(4-5-10(8)13)7-15-11(16)12(2,3)14/h4-6H,7,14H2,1-3H3,(H,15,16). The summed E-state index contributed by atoms with van der Waals surface area (Å²) in [5.74, 6) is -0.469. The van der Waals surface area contributed by atoms with E-state index in [0.29, 0.717) is 12.1 Å². The quantitative estimate of drug-likeness (QED) is 0.817. The number of aryl methyl sites for hydroxylation is 1. The Hall–Kier alpha value is -1.42. The molecule has 0 heterocycles. The first kappa shape index (κ1) is 12.6. The largest absolute Gasteiger partial charge is 0.350 e. The zero-order valence-electron chi connectivity index (χ0n) is 9.80. The summed E-state index contributed by atoms with van der Waals surface area (Å²) >= 11 is 0. The summed E-state index contributed by atoms with van der Waals surface area (Å²) in [5.41, 5.74) is 6.16. The van der Waals surface area contributed by atoms with E-state index in [1.54, 1.807) is 32.9 Å². The van der Waals surface area contributed by atoms with Gasteiger partial charge in [0.05, 0.1) is 5.54 Å². The molecule has 1 aromatic rings. The molecule has 16 heavy (non-hydrogen) atoms. The van der Waals surface area contributed by atoms with Crippen molar-refractivity contribution in [3.8, 4) is 0 Å². The minimum atomic E-state index is -0.894. The minimum absolute atomic E-state index is 0.227. The van der Waals surface area contributed by atoms with Crippen LogP contribution in [0.2, 0.25) is 0 Å². The van der Waals surface area contributed by atoms with Crippen molar-refractivity contribution in [2.75, 3.05) is 0 Å². The zero-order chi connectivity index (χ0) is 12.3. The monoisotopic (exact) mass is 224 g/mol. The van der Waals surface area contributed by atoms with Crippen molar-refractivity contribution in [2.45, 2.75) is 32.9 Å². The van der Waals surface area contributed by atoms with Crippen LogP contribution < -0.4 is 11.1 Å². The van der Waals surface area contributed by atoms with Crippen molar-refractivity contribution < 1.29 is 9.18 Å². The van der Waals surface area contributed by atoms with Gasteiger partial charge in [-0.15, -0.1) is 0 Å². The molecule has 0 saturated heterocycles. The van der Waals surface area contributed by atoms with Gasteiger partial charge in [0.15, 0.2) is 0 Å². The maximum absolute atomic E-state index is 13.0. The first-order valence-electron chi connectivity index (χ1n) is 5.13. The van der Waals surface area contributed by atoms with Gasteiger partial charge in [0.25, 0.3) is 0 Å². The molecule has 0 spiro atoms. The Morgan fingerprint density at radius 3 is 2.62 bits per heavy atom. The SMILES string of the molecule is Cc1cc(CNC(=O)C(C)(C)N)ccc1F. The molecule has 0 radical (unpaired) electrons. The summed E-state index contributed by atoms with van der Waals surface area (Å²) in [4.78, 5) is 11.5. The van der Waals surface area contributed by atoms with Gasteiger partial charge in [0, 0.05) is 6.54 Å². The van der Waals surface area contributed by atoms with Gasteiger partial charge in [-0.25, -0.2) is 4.39 Å². The van der Waals surface area contributed by atoms with Crippen LogP contribution in [-0.4, -0.2) is 11.4 Å². The Morgan fingerprint density at radius 2 is 2.12 bits per heavy atom. The predicted octanol–water partition coefficient (Wildman–Crippen LogP) is 1.49. The minimum Gasteiger partial charge on any atom is -0.350 e. The number of hydrogen-bond acceptors (Lipinski definition) is 2. The molecule has 0 aliphatic heterocycles. The highest BCUT2D eigenvalue weighted by Crippen LogP contribution is 2.09. The predicted molar refractivity (Wildman–Crippen MR) is 61.3 cm³/mol. The summed E-state index contributed by atoms with van der Waals surface area (Å²) in [7, 11) is 0. The number of carbonyl (C=O) groups is 1. The number of halogens is 1. The van der Waals surface area contributed by atoms with Gasteiger partial charge in [0.2, 0.25) is 5.91 Å². The van der Waals surface area contributed by atoms with Gasteiger partial charge in [-0.05, 0) is 38.0 Å². The molecule has 1 aromatic carbocycles. The molecule has 88 valence electrons. The van der Waals surface area contributed by atoms with Crippen LogP contribution in [0.15, 0.2) is 18.2 Å². The highest BCUT2D eigenvalue weighted by Gasteiger charge is 2.20. The van der Waals surface area contributed by atoms with Gasteiger partial charge in [-0.2, -0.15) is 0 Å². The fraction of sp³-hybridized carbons (Fsp3) is 0.417. The van der Waals surface area contributed by atoms with Crippen molar-refractivity contribution >= 4 is 5.91 Å². The summed E-state index contributed by atoms with van der Waals surface area (Å²) in [6.45, 7) is 5.32. The highest BCUT2D eigenvalue weighted by atomic mass is 19.1. The summed E-state index contributed by atoms with van der Waals surface area (Å²) in [5, 5.41) is 2.70. The molecule has 1 amide bonds. The van der Waals surface area contributed by atoms with Gasteiger partial charge in [0.1, 0.15) is 5.82 Å². The molecule has 0 saturated carbocycles. The molecular formula is C12H17FN2O. The third kappa shape index (κ3) is 3.31. The zero-order valence-corrected chi connectivity index (χ0v) is 9.80. The van der Waals surface area contributed by atoms with Crippen molar-refractivity contribution in [3.05, 3.63) is 35.1 Å². The smallest absolute Gasteiger partial charge is 0.239 e. The first-order valence-corrected chi connectivity index (χ1v) is 5.13. The first-order chi connectivity index (χ1) is 7.30. The summed E-state index contributed by atoms with van der Waals surface area (Å²) < 4.78 is 13.0. The molecule has 0 aromatic heterocycles. The average Bonchev–Trinajstić information content (AvgIpc) is 2.18. The van der Waals surface area contributed by atoms with Crippen LogP contribution in [0.3, 0.4) is 0 Å². The number of hydrogen-bond donors (Lipinski definition) is 2. The van der Waals surface area contributed by atoms with Gasteiger partial charge in [-0.1, -0.05) is 12.1 Å². The lowest BCUT2D eigenvalue weighted by molar-refractivity contribution is -0.125. The van der Waals surface area contributed by atoms with Gasteiger partial charge < -0.3 is 11.1 Å². The maximum atomic E-state index is 13.0. The van der Waals surface area contributed by atoms with E-state index in [2.05, 4.69) is 5.32 Å². The third-order valence-electron chi connectivity index (χ3n) is 2.26. The van der Waals surface area contributed by atoms with E-state index >= 15 is 0 Å². The number of rotatable bonds is 3. The van der Waals surface area contributed by atoms with Crippen molar-refractivity contribution in [2.24, 2.45) is 5.73 Å². The lowest BCUT2D eigenvalue weighted by Crippen LogP contribution is -2.48. The maximum Gasteiger partial charge on any atom is 0.239 e. The Morgan fingerprint density at radius 1 is 1.50 bits per heavy atom. The molecule has 0 unspecified atom stereocenters. The Balaban J connectivity index is 2.62. The number of benzene rings is 1. The van der Waals surface area contributed by atoms with E-state index in [1.807, 2.05) is 0 Å². The molecule has 1 rings (SSSR count). The number of carbonyl (C=O) groups excluding carboxylic acids is 1. The molecule has 3 nitrogen and oxygen atoms in total. The van der Waals surface area contributed by atoms with E-state index in [0.717, 1.165) is 5.56 Å². The lowest BCUT2D eigenvalue weighted by atomic mass is 10.1. The van der Waals surface area contributed by atoms with Crippen LogP contribution >= 0.6 is 0 Å². The normalized spacial score (nSPS) is 11.3. The second-order valence-corrected chi connectivity index (χ2v) is 4.49. The summed E-state index contributed by atoms with van der Waals surface area (Å²) in [6.07, 6.45) is 0. The Kier molecular flexibility index (Phi) is 3.65. The van der Waals surface area contributed by atoms with Gasteiger partial charge >= 0.3 is 0 Å². The van der Waals surface area contributed by atoms with Crippen molar-refractivity contribution in [1.82, 2.24) is 5.32 Å². The molecule has 0 aliphatic rings. The molecule has 0 atom stereocenters. The third-order valence-corrected chi connectivity index (χ3v) is 2.26. The van der Waals surface area contributed by atoms with Crippen LogP contribution in [0.4, 0.5) is 4.39 Å². The van der Waals surface area contributed by atoms with Crippen molar-refractivity contribution in [3.63, 3.8) is 0 Å². The molecule has 0 fully saturated rings. The van der Waals surface area contributed by atoms with E-state index in [1.165, 1.54) is 6.07 Å². The lowest BCUT2D eigenvalue weighted by Gasteiger charge is -2.17. The van der Waals surface area contributed by atoms with Gasteiger partial charge in [-0.3, -0.25) is 4.79 Å². The average molecular weight is 224 g/mol. The van der Waals surface area contributed by atoms with E-state index in [-0.39, 0.29) is 11.7 Å². The second kappa shape index (κ2) is 4.61. The molecule has 0 aliphatic carbocycles. The van der Waals surface area contributed by atoms with E-state index < -0.39 is 5.54 Å².